The second-order valence-corrected chi connectivity index (χ2v) is 10.4. The Morgan fingerprint density at radius 3 is 2.70 bits per heavy atom. The van der Waals surface area contributed by atoms with Crippen LogP contribution in [0.1, 0.15) is 50.0 Å². The van der Waals surface area contributed by atoms with Crippen LogP contribution in [-0.4, -0.2) is 52.4 Å². The lowest BCUT2D eigenvalue weighted by Gasteiger charge is -2.47. The van der Waals surface area contributed by atoms with Gasteiger partial charge in [-0.15, -0.1) is 11.3 Å². The third-order valence-corrected chi connectivity index (χ3v) is 6.98. The van der Waals surface area contributed by atoms with E-state index in [1.54, 1.807) is 25.2 Å². The molecule has 2 aliphatic heterocycles. The van der Waals surface area contributed by atoms with Crippen molar-refractivity contribution in [1.29, 1.82) is 0 Å². The maximum Gasteiger partial charge on any atom is 0.410 e. The standard InChI is InChI=1S/C23H31N3O3S/c1-17-14-24-20(30-17)25-12-7-10-19(15-25)26-13-11-23(29-21(26)27,16-22(2,3)28)18-8-5-4-6-9-18/h4-6,8-9,14,19,28H,7,10-13,15-16H2,1-3H3/t19-,23-/m0/s1. The van der Waals surface area contributed by atoms with E-state index in [4.69, 9.17) is 4.74 Å². The molecule has 0 bridgehead atoms. The lowest BCUT2D eigenvalue weighted by atomic mass is 9.80. The van der Waals surface area contributed by atoms with E-state index in [2.05, 4.69) is 16.8 Å². The van der Waals surface area contributed by atoms with Crippen molar-refractivity contribution in [2.75, 3.05) is 24.5 Å². The molecule has 1 aromatic heterocycles. The average molecular weight is 430 g/mol. The first-order chi connectivity index (χ1) is 14.3. The molecule has 2 fully saturated rings. The summed E-state index contributed by atoms with van der Waals surface area (Å²) >= 11 is 1.70. The number of cyclic esters (lactones) is 1. The van der Waals surface area contributed by atoms with Crippen LogP contribution in [-0.2, 0) is 10.3 Å². The summed E-state index contributed by atoms with van der Waals surface area (Å²) in [5, 5.41) is 11.6. The first-order valence-corrected chi connectivity index (χ1v) is 11.5. The minimum Gasteiger partial charge on any atom is -0.438 e. The van der Waals surface area contributed by atoms with Crippen LogP contribution in [0.2, 0.25) is 0 Å². The molecule has 2 aromatic rings. The lowest BCUT2D eigenvalue weighted by molar-refractivity contribution is -0.102. The molecule has 0 spiro atoms. The number of aliphatic hydroxyl groups is 1. The third kappa shape index (κ3) is 4.47. The number of aromatic nitrogens is 1. The highest BCUT2D eigenvalue weighted by molar-refractivity contribution is 7.15. The van der Waals surface area contributed by atoms with Crippen molar-refractivity contribution in [1.82, 2.24) is 9.88 Å². The smallest absolute Gasteiger partial charge is 0.410 e. The fraction of sp³-hybridized carbons (Fsp3) is 0.565. The molecule has 30 heavy (non-hydrogen) atoms. The first-order valence-electron chi connectivity index (χ1n) is 10.7. The number of piperidine rings is 1. The van der Waals surface area contributed by atoms with E-state index in [0.717, 1.165) is 36.6 Å². The van der Waals surface area contributed by atoms with Crippen LogP contribution in [0.15, 0.2) is 36.5 Å². The van der Waals surface area contributed by atoms with E-state index in [1.165, 1.54) is 4.88 Å². The number of hydrogen-bond acceptors (Lipinski definition) is 6. The van der Waals surface area contributed by atoms with Crippen LogP contribution in [0.4, 0.5) is 9.93 Å². The van der Waals surface area contributed by atoms with Gasteiger partial charge in [0.2, 0.25) is 0 Å². The average Bonchev–Trinajstić information content (AvgIpc) is 3.14. The molecule has 1 N–H and O–H groups in total. The molecular weight excluding hydrogens is 398 g/mol. The summed E-state index contributed by atoms with van der Waals surface area (Å²) in [6.45, 7) is 7.99. The van der Waals surface area contributed by atoms with Crippen LogP contribution in [0.25, 0.3) is 0 Å². The van der Waals surface area contributed by atoms with E-state index in [1.807, 2.05) is 41.4 Å². The van der Waals surface area contributed by atoms with Crippen LogP contribution >= 0.6 is 11.3 Å². The number of carbonyl (C=O) groups excluding carboxylic acids is 1. The van der Waals surface area contributed by atoms with Gasteiger partial charge in [-0.25, -0.2) is 9.78 Å². The molecule has 2 aliphatic rings. The van der Waals surface area contributed by atoms with Gasteiger partial charge in [-0.3, -0.25) is 0 Å². The van der Waals surface area contributed by atoms with Crippen LogP contribution in [0.3, 0.4) is 0 Å². The van der Waals surface area contributed by atoms with Gasteiger partial charge in [-0.2, -0.15) is 0 Å². The van der Waals surface area contributed by atoms with Crippen molar-refractivity contribution in [3.8, 4) is 0 Å². The summed E-state index contributed by atoms with van der Waals surface area (Å²) in [7, 11) is 0. The molecular formula is C23H31N3O3S. The Hall–Kier alpha value is -2.12. The minimum atomic E-state index is -0.942. The highest BCUT2D eigenvalue weighted by atomic mass is 32.1. The molecule has 1 aromatic carbocycles. The van der Waals surface area contributed by atoms with Crippen molar-refractivity contribution in [3.05, 3.63) is 47.0 Å². The Kier molecular flexibility index (Phi) is 5.77. The van der Waals surface area contributed by atoms with E-state index in [9.17, 15) is 9.90 Å². The van der Waals surface area contributed by atoms with E-state index in [-0.39, 0.29) is 12.1 Å². The number of aryl methyl sites for hydroxylation is 1. The van der Waals surface area contributed by atoms with E-state index >= 15 is 0 Å². The number of benzene rings is 1. The molecule has 6 nitrogen and oxygen atoms in total. The van der Waals surface area contributed by atoms with Gasteiger partial charge in [-0.05, 0) is 39.2 Å². The molecule has 7 heteroatoms. The number of hydrogen-bond donors (Lipinski definition) is 1. The number of amides is 1. The van der Waals surface area contributed by atoms with Gasteiger partial charge >= 0.3 is 6.09 Å². The highest BCUT2D eigenvalue weighted by Gasteiger charge is 2.47. The third-order valence-electron chi connectivity index (χ3n) is 6.01. The van der Waals surface area contributed by atoms with Gasteiger partial charge in [0.15, 0.2) is 5.13 Å². The number of thiazole rings is 1. The zero-order chi connectivity index (χ0) is 21.4. The maximum absolute atomic E-state index is 13.2. The topological polar surface area (TPSA) is 65.9 Å². The fourth-order valence-corrected chi connectivity index (χ4v) is 5.54. The molecule has 0 unspecified atom stereocenters. The second-order valence-electron chi connectivity index (χ2n) is 9.16. The van der Waals surface area contributed by atoms with Gasteiger partial charge in [0.1, 0.15) is 5.60 Å². The first kappa shape index (κ1) is 21.1. The van der Waals surface area contributed by atoms with Crippen molar-refractivity contribution >= 4 is 22.6 Å². The summed E-state index contributed by atoms with van der Waals surface area (Å²) in [6, 6.07) is 9.96. The number of ether oxygens (including phenoxy) is 1. The van der Waals surface area contributed by atoms with Gasteiger partial charge in [-0.1, -0.05) is 30.3 Å². The van der Waals surface area contributed by atoms with E-state index < -0.39 is 11.2 Å². The summed E-state index contributed by atoms with van der Waals surface area (Å²) in [6.07, 6.45) is 4.67. The van der Waals surface area contributed by atoms with Gasteiger partial charge in [0, 0.05) is 43.5 Å². The van der Waals surface area contributed by atoms with Gasteiger partial charge in [0.05, 0.1) is 11.6 Å². The summed E-state index contributed by atoms with van der Waals surface area (Å²) in [5.41, 5.74) is -0.792. The Morgan fingerprint density at radius 1 is 1.30 bits per heavy atom. The number of anilines is 1. The lowest BCUT2D eigenvalue weighted by Crippen LogP contribution is -2.57. The molecule has 3 heterocycles. The van der Waals surface area contributed by atoms with Crippen molar-refractivity contribution in [3.63, 3.8) is 0 Å². The number of carbonyl (C=O) groups is 1. The monoisotopic (exact) mass is 429 g/mol. The molecule has 1 amide bonds. The summed E-state index contributed by atoms with van der Waals surface area (Å²) < 4.78 is 6.14. The summed E-state index contributed by atoms with van der Waals surface area (Å²) in [5.74, 6) is 0. The molecule has 0 aliphatic carbocycles. The number of nitrogens with zero attached hydrogens (tertiary/aromatic N) is 3. The zero-order valence-corrected chi connectivity index (χ0v) is 18.8. The van der Waals surface area contributed by atoms with Crippen molar-refractivity contribution in [2.24, 2.45) is 0 Å². The molecule has 162 valence electrons. The fourth-order valence-electron chi connectivity index (χ4n) is 4.74. The van der Waals surface area contributed by atoms with Crippen LogP contribution < -0.4 is 4.90 Å². The maximum atomic E-state index is 13.2. The molecule has 0 radical (unpaired) electrons. The second kappa shape index (κ2) is 8.19. The van der Waals surface area contributed by atoms with E-state index in [0.29, 0.717) is 19.4 Å². The SMILES string of the molecule is Cc1cnc(N2CCC[C@H](N3CC[C@](CC(C)(C)O)(c4ccccc4)OC3=O)C2)s1. The summed E-state index contributed by atoms with van der Waals surface area (Å²) in [4.78, 5) is 23.1. The normalized spacial score (nSPS) is 25.3. The predicted octanol–water partition coefficient (Wildman–Crippen LogP) is 4.32. The minimum absolute atomic E-state index is 0.117. The Morgan fingerprint density at radius 2 is 2.07 bits per heavy atom. The molecule has 0 saturated carbocycles. The van der Waals surface area contributed by atoms with Gasteiger partial charge < -0.3 is 19.6 Å². The molecule has 2 atom stereocenters. The van der Waals surface area contributed by atoms with Crippen LogP contribution in [0.5, 0.6) is 0 Å². The predicted molar refractivity (Wildman–Crippen MR) is 119 cm³/mol. The zero-order valence-electron chi connectivity index (χ0n) is 18.0. The molecule has 2 saturated heterocycles. The van der Waals surface area contributed by atoms with Crippen molar-refractivity contribution < 1.29 is 14.6 Å². The largest absolute Gasteiger partial charge is 0.438 e. The Balaban J connectivity index is 1.51. The highest BCUT2D eigenvalue weighted by Crippen LogP contribution is 2.41. The molecule has 4 rings (SSSR count). The Bertz CT molecular complexity index is 879. The Labute approximate surface area is 182 Å². The van der Waals surface area contributed by atoms with Crippen molar-refractivity contribution in [2.45, 2.75) is 63.7 Å². The number of rotatable bonds is 5. The van der Waals surface area contributed by atoms with Crippen LogP contribution in [0, 0.1) is 6.92 Å². The van der Waals surface area contributed by atoms with Gasteiger partial charge in [0.25, 0.3) is 0 Å². The quantitative estimate of drug-likeness (QED) is 0.767.